The van der Waals surface area contributed by atoms with Crippen molar-refractivity contribution in [1.29, 1.82) is 0 Å². The van der Waals surface area contributed by atoms with E-state index in [1.54, 1.807) is 10.6 Å². The summed E-state index contributed by atoms with van der Waals surface area (Å²) in [6.45, 7) is 6.01. The molecule has 2 aromatic heterocycles. The number of pyridine rings is 2. The van der Waals surface area contributed by atoms with E-state index in [9.17, 15) is 18.4 Å². The second-order valence-corrected chi connectivity index (χ2v) is 7.66. The molecule has 2 aliphatic rings. The average molecular weight is 442 g/mol. The van der Waals surface area contributed by atoms with Crippen LogP contribution in [-0.2, 0) is 33.0 Å². The fourth-order valence-electron chi connectivity index (χ4n) is 4.49. The number of carbonyl (C=O) groups is 1. The van der Waals surface area contributed by atoms with Crippen LogP contribution in [0.1, 0.15) is 50.3 Å². The lowest BCUT2D eigenvalue weighted by atomic mass is 9.85. The van der Waals surface area contributed by atoms with Crippen LogP contribution in [0.4, 0.5) is 8.78 Å². The number of hydrogen-bond acceptors (Lipinski definition) is 5. The minimum absolute atomic E-state index is 0.00160. The van der Waals surface area contributed by atoms with Gasteiger partial charge in [0.15, 0.2) is 11.6 Å². The third kappa shape index (κ3) is 3.21. The predicted octanol–water partition coefficient (Wildman–Crippen LogP) is 4.43. The molecule has 0 spiro atoms. The lowest BCUT2D eigenvalue weighted by Gasteiger charge is -2.30. The molecule has 5 rings (SSSR count). The van der Waals surface area contributed by atoms with Crippen molar-refractivity contribution >= 4 is 16.9 Å². The molecule has 0 bridgehead atoms. The summed E-state index contributed by atoms with van der Waals surface area (Å²) >= 11 is 0. The Balaban J connectivity index is 0.00000119. The molecule has 0 radical (unpaired) electrons. The number of methoxy groups -OCH3 is 1. The highest BCUT2D eigenvalue weighted by atomic mass is 19.2. The van der Waals surface area contributed by atoms with Gasteiger partial charge in [-0.2, -0.15) is 0 Å². The van der Waals surface area contributed by atoms with Gasteiger partial charge >= 0.3 is 5.97 Å². The van der Waals surface area contributed by atoms with Crippen molar-refractivity contribution < 1.29 is 23.0 Å². The molecule has 0 unspecified atom stereocenters. The summed E-state index contributed by atoms with van der Waals surface area (Å²) in [6, 6.07) is 5.69. The number of carbonyl (C=O) groups excluding carboxylic acids is 1. The van der Waals surface area contributed by atoms with E-state index in [1.807, 2.05) is 26.8 Å². The minimum atomic E-state index is -0.980. The Bertz CT molecular complexity index is 1300. The van der Waals surface area contributed by atoms with E-state index in [-0.39, 0.29) is 25.1 Å². The fourth-order valence-corrected chi connectivity index (χ4v) is 4.49. The lowest BCUT2D eigenvalue weighted by Crippen LogP contribution is -2.34. The summed E-state index contributed by atoms with van der Waals surface area (Å²) in [5.41, 5.74) is 1.85. The van der Waals surface area contributed by atoms with Gasteiger partial charge in [-0.15, -0.1) is 0 Å². The molecule has 2 aliphatic heterocycles. The zero-order chi connectivity index (χ0) is 23.2. The number of esters is 1. The molecule has 1 atom stereocenters. The molecule has 0 saturated heterocycles. The summed E-state index contributed by atoms with van der Waals surface area (Å²) in [5, 5.41) is 0.462. The summed E-state index contributed by atoms with van der Waals surface area (Å²) in [5.74, 6) is -2.35. The van der Waals surface area contributed by atoms with Crippen molar-refractivity contribution in [3.63, 3.8) is 0 Å². The predicted molar refractivity (Wildman–Crippen MR) is 115 cm³/mol. The Morgan fingerprint density at radius 2 is 1.88 bits per heavy atom. The maximum Gasteiger partial charge on any atom is 0.309 e. The Kier molecular flexibility index (Phi) is 5.58. The Labute approximate surface area is 183 Å². The number of fused-ring (bicyclic) bond motifs is 5. The largest absolute Gasteiger partial charge is 0.460 e. The number of nitrogens with zero attached hydrogens (tertiary/aromatic N) is 2. The summed E-state index contributed by atoms with van der Waals surface area (Å²) in [6.07, 6.45) is 0.468. The van der Waals surface area contributed by atoms with E-state index in [2.05, 4.69) is 4.98 Å². The van der Waals surface area contributed by atoms with Crippen LogP contribution in [0.3, 0.4) is 0 Å². The average Bonchev–Trinajstić information content (AvgIpc) is 3.07. The molecule has 6 nitrogen and oxygen atoms in total. The third-order valence-corrected chi connectivity index (χ3v) is 6.17. The van der Waals surface area contributed by atoms with Crippen LogP contribution in [0.25, 0.3) is 22.3 Å². The van der Waals surface area contributed by atoms with Gasteiger partial charge in [0.1, 0.15) is 12.2 Å². The van der Waals surface area contributed by atoms with Crippen LogP contribution in [0, 0.1) is 11.6 Å². The molecule has 4 heterocycles. The second-order valence-electron chi connectivity index (χ2n) is 7.66. The highest BCUT2D eigenvalue weighted by molar-refractivity contribution is 5.84. The molecule has 0 N–H and O–H groups in total. The molecule has 0 saturated carbocycles. The first-order valence-electron chi connectivity index (χ1n) is 10.6. The highest BCUT2D eigenvalue weighted by Gasteiger charge is 2.41. The molecule has 1 aromatic carbocycles. The van der Waals surface area contributed by atoms with Gasteiger partial charge in [-0.1, -0.05) is 20.8 Å². The van der Waals surface area contributed by atoms with E-state index < -0.39 is 23.2 Å². The molecule has 32 heavy (non-hydrogen) atoms. The monoisotopic (exact) mass is 442 g/mol. The molecule has 168 valence electrons. The van der Waals surface area contributed by atoms with Crippen molar-refractivity contribution in [2.24, 2.45) is 0 Å². The molecule has 0 amide bonds. The molecule has 0 aliphatic carbocycles. The first-order chi connectivity index (χ1) is 15.4. The van der Waals surface area contributed by atoms with Crippen LogP contribution in [0.5, 0.6) is 0 Å². The van der Waals surface area contributed by atoms with Gasteiger partial charge < -0.3 is 14.0 Å². The van der Waals surface area contributed by atoms with Gasteiger partial charge in [-0.05, 0) is 30.2 Å². The van der Waals surface area contributed by atoms with E-state index >= 15 is 0 Å². The van der Waals surface area contributed by atoms with Crippen molar-refractivity contribution in [2.45, 2.75) is 52.4 Å². The third-order valence-electron chi connectivity index (χ3n) is 6.17. The van der Waals surface area contributed by atoms with Gasteiger partial charge in [0.25, 0.3) is 5.56 Å². The number of halogens is 2. The number of rotatable bonds is 2. The summed E-state index contributed by atoms with van der Waals surface area (Å²) < 4.78 is 39.9. The number of benzene rings is 1. The minimum Gasteiger partial charge on any atom is -0.460 e. The van der Waals surface area contributed by atoms with Gasteiger partial charge in [-0.3, -0.25) is 9.59 Å². The van der Waals surface area contributed by atoms with Crippen molar-refractivity contribution in [2.75, 3.05) is 7.11 Å². The zero-order valence-corrected chi connectivity index (χ0v) is 18.4. The number of cyclic esters (lactones) is 1. The maximum absolute atomic E-state index is 13.7. The number of hydrogen-bond donors (Lipinski definition) is 0. The first-order valence-corrected chi connectivity index (χ1v) is 10.6. The zero-order valence-electron chi connectivity index (χ0n) is 18.4. The van der Waals surface area contributed by atoms with E-state index in [0.717, 1.165) is 17.7 Å². The number of aromatic nitrogens is 2. The molecule has 0 fully saturated rings. The quantitative estimate of drug-likeness (QED) is 0.430. The smallest absolute Gasteiger partial charge is 0.309 e. The van der Waals surface area contributed by atoms with E-state index in [1.165, 1.54) is 7.11 Å². The van der Waals surface area contributed by atoms with Crippen LogP contribution >= 0.6 is 0 Å². The Morgan fingerprint density at radius 3 is 2.56 bits per heavy atom. The molecule has 3 aromatic rings. The van der Waals surface area contributed by atoms with Crippen molar-refractivity contribution in [1.82, 2.24) is 9.55 Å². The molecular weight excluding hydrogens is 418 g/mol. The van der Waals surface area contributed by atoms with Gasteiger partial charge in [-0.25, -0.2) is 13.8 Å². The van der Waals surface area contributed by atoms with Crippen LogP contribution in [0.15, 0.2) is 29.1 Å². The second kappa shape index (κ2) is 8.09. The van der Waals surface area contributed by atoms with Crippen molar-refractivity contribution in [3.05, 3.63) is 62.9 Å². The molecular formula is C24H24F2N2O4. The highest BCUT2D eigenvalue weighted by Crippen LogP contribution is 2.40. The van der Waals surface area contributed by atoms with E-state index in [0.29, 0.717) is 39.8 Å². The SMILES string of the molecule is CC.CC[C@@]1(OC)CC(=O)OCc2c1cc1n(c2=O)Cc2cc3cc(F)c(F)cc3nc2-1. The van der Waals surface area contributed by atoms with Gasteiger partial charge in [0.2, 0.25) is 0 Å². The van der Waals surface area contributed by atoms with Crippen molar-refractivity contribution in [3.8, 4) is 11.4 Å². The Morgan fingerprint density at radius 1 is 1.16 bits per heavy atom. The van der Waals surface area contributed by atoms with E-state index in [4.69, 9.17) is 9.47 Å². The lowest BCUT2D eigenvalue weighted by molar-refractivity contribution is -0.151. The normalized spacial score (nSPS) is 18.8. The topological polar surface area (TPSA) is 70.4 Å². The summed E-state index contributed by atoms with van der Waals surface area (Å²) in [4.78, 5) is 30.0. The van der Waals surface area contributed by atoms with Gasteiger partial charge in [0, 0.05) is 24.1 Å². The van der Waals surface area contributed by atoms with Crippen LogP contribution in [0.2, 0.25) is 0 Å². The fraction of sp³-hybridized carbons (Fsp3) is 0.375. The van der Waals surface area contributed by atoms with Gasteiger partial charge in [0.05, 0.1) is 35.4 Å². The Hall–Kier alpha value is -3.13. The first kappa shape index (κ1) is 22.1. The van der Waals surface area contributed by atoms with Crippen LogP contribution in [-0.4, -0.2) is 22.6 Å². The standard InChI is InChI=1S/C22H18F2N2O4.C2H6/c1-3-22(29-2)8-19(27)30-10-13-14(22)6-18-20-12(9-26(18)21(13)28)4-11-5-15(23)16(24)7-17(11)25-20;1-2/h4-7H,3,8-10H2,1-2H3;1-2H3/t22-;/m1./s1. The maximum atomic E-state index is 13.7. The van der Waals surface area contributed by atoms with Crippen LogP contribution < -0.4 is 5.56 Å². The molecule has 8 heteroatoms. The number of ether oxygens (including phenoxy) is 2. The summed E-state index contributed by atoms with van der Waals surface area (Å²) in [7, 11) is 1.51.